The molecule has 2 rings (SSSR count). The van der Waals surface area contributed by atoms with Crippen molar-refractivity contribution in [2.75, 3.05) is 6.54 Å². The minimum Gasteiger partial charge on any atom is -0.487 e. The molecule has 1 heterocycles. The molecule has 1 aromatic heterocycles. The lowest BCUT2D eigenvalue weighted by Crippen LogP contribution is -2.05. The van der Waals surface area contributed by atoms with Crippen LogP contribution in [0.1, 0.15) is 11.3 Å². The summed E-state index contributed by atoms with van der Waals surface area (Å²) >= 11 is 5.95. The zero-order valence-electron chi connectivity index (χ0n) is 10.1. The Morgan fingerprint density at radius 2 is 2.28 bits per heavy atom. The molecule has 0 unspecified atom stereocenters. The molecule has 0 atom stereocenters. The molecule has 0 aliphatic heterocycles. The van der Waals surface area contributed by atoms with Crippen molar-refractivity contribution in [2.45, 2.75) is 13.0 Å². The summed E-state index contributed by atoms with van der Waals surface area (Å²) in [5, 5.41) is 8.49. The summed E-state index contributed by atoms with van der Waals surface area (Å²) in [7, 11) is 1.82. The fourth-order valence-electron chi connectivity index (χ4n) is 1.65. The van der Waals surface area contributed by atoms with E-state index in [4.69, 9.17) is 22.1 Å². The third-order valence-corrected chi connectivity index (χ3v) is 2.70. The summed E-state index contributed by atoms with van der Waals surface area (Å²) in [6, 6.07) is 5.53. The summed E-state index contributed by atoms with van der Waals surface area (Å²) in [6.07, 6.45) is 2.55. The fraction of sp³-hybridized carbons (Fsp3) is 0.333. The molecule has 5 nitrogen and oxygen atoms in total. The second-order valence-electron chi connectivity index (χ2n) is 3.96. The van der Waals surface area contributed by atoms with Crippen molar-refractivity contribution >= 4 is 11.6 Å². The summed E-state index contributed by atoms with van der Waals surface area (Å²) in [6.45, 7) is 0.939. The fourth-order valence-corrected chi connectivity index (χ4v) is 1.85. The maximum Gasteiger partial charge on any atom is 0.134 e. The van der Waals surface area contributed by atoms with Crippen LogP contribution < -0.4 is 10.5 Å². The zero-order valence-corrected chi connectivity index (χ0v) is 10.9. The van der Waals surface area contributed by atoms with Crippen molar-refractivity contribution in [3.63, 3.8) is 0 Å². The molecule has 0 aliphatic carbocycles. The first-order valence-electron chi connectivity index (χ1n) is 5.65. The monoisotopic (exact) mass is 266 g/mol. The van der Waals surface area contributed by atoms with Gasteiger partial charge in [0, 0.05) is 12.1 Å². The highest BCUT2D eigenvalue weighted by Gasteiger charge is 2.06. The van der Waals surface area contributed by atoms with Gasteiger partial charge in [-0.3, -0.25) is 4.68 Å². The van der Waals surface area contributed by atoms with Crippen molar-refractivity contribution in [1.29, 1.82) is 0 Å². The molecule has 2 aromatic rings. The van der Waals surface area contributed by atoms with E-state index in [9.17, 15) is 0 Å². The van der Waals surface area contributed by atoms with Gasteiger partial charge in [0.25, 0.3) is 0 Å². The van der Waals surface area contributed by atoms with E-state index in [1.807, 2.05) is 25.4 Å². The van der Waals surface area contributed by atoms with E-state index >= 15 is 0 Å². The molecule has 0 amide bonds. The van der Waals surface area contributed by atoms with Crippen LogP contribution in [0.4, 0.5) is 0 Å². The van der Waals surface area contributed by atoms with Crippen LogP contribution in [-0.2, 0) is 20.1 Å². The first-order valence-corrected chi connectivity index (χ1v) is 6.03. The van der Waals surface area contributed by atoms with E-state index in [1.54, 1.807) is 10.7 Å². The largest absolute Gasteiger partial charge is 0.487 e. The van der Waals surface area contributed by atoms with E-state index in [0.717, 1.165) is 23.4 Å². The molecule has 0 fully saturated rings. The first-order chi connectivity index (χ1) is 8.69. The maximum atomic E-state index is 5.95. The molecule has 0 spiro atoms. The number of halogens is 1. The Kier molecular flexibility index (Phi) is 4.17. The van der Waals surface area contributed by atoms with Gasteiger partial charge in [0.15, 0.2) is 0 Å². The third kappa shape index (κ3) is 3.21. The highest BCUT2D eigenvalue weighted by Crippen LogP contribution is 2.23. The van der Waals surface area contributed by atoms with Crippen molar-refractivity contribution in [1.82, 2.24) is 15.0 Å². The highest BCUT2D eigenvalue weighted by atomic mass is 35.5. The molecular weight excluding hydrogens is 252 g/mol. The lowest BCUT2D eigenvalue weighted by Gasteiger charge is -2.10. The molecule has 2 N–H and O–H groups in total. The number of aryl methyl sites for hydroxylation is 1. The lowest BCUT2D eigenvalue weighted by atomic mass is 10.1. The molecule has 0 aliphatic rings. The topological polar surface area (TPSA) is 66.0 Å². The average molecular weight is 267 g/mol. The van der Waals surface area contributed by atoms with E-state index < -0.39 is 0 Å². The summed E-state index contributed by atoms with van der Waals surface area (Å²) < 4.78 is 7.35. The van der Waals surface area contributed by atoms with Crippen molar-refractivity contribution in [3.05, 3.63) is 40.7 Å². The molecule has 6 heteroatoms. The second kappa shape index (κ2) is 5.84. The van der Waals surface area contributed by atoms with Crippen LogP contribution in [0.15, 0.2) is 24.4 Å². The zero-order chi connectivity index (χ0) is 13.0. The second-order valence-corrected chi connectivity index (χ2v) is 4.40. The normalized spacial score (nSPS) is 10.6. The van der Waals surface area contributed by atoms with Gasteiger partial charge in [0.1, 0.15) is 18.1 Å². The van der Waals surface area contributed by atoms with Crippen molar-refractivity contribution in [2.24, 2.45) is 12.8 Å². The minimum absolute atomic E-state index is 0.382. The average Bonchev–Trinajstić information content (AvgIpc) is 2.75. The van der Waals surface area contributed by atoms with E-state index in [2.05, 4.69) is 10.3 Å². The van der Waals surface area contributed by atoms with Gasteiger partial charge in [-0.2, -0.15) is 0 Å². The predicted molar refractivity (Wildman–Crippen MR) is 69.5 cm³/mol. The molecule has 96 valence electrons. The van der Waals surface area contributed by atoms with Crippen LogP contribution in [0.3, 0.4) is 0 Å². The summed E-state index contributed by atoms with van der Waals surface area (Å²) in [5.41, 5.74) is 7.36. The standard InChI is InChI=1S/C12H15ClN4O/c1-17-7-11(15-16-17)8-18-12-3-2-10(13)6-9(12)4-5-14/h2-3,6-7H,4-5,8,14H2,1H3. The van der Waals surface area contributed by atoms with Gasteiger partial charge in [0.05, 0.1) is 6.20 Å². The van der Waals surface area contributed by atoms with Gasteiger partial charge in [-0.1, -0.05) is 16.8 Å². The number of hydrogen-bond donors (Lipinski definition) is 1. The van der Waals surface area contributed by atoms with Gasteiger partial charge < -0.3 is 10.5 Å². The summed E-state index contributed by atoms with van der Waals surface area (Å²) in [5.74, 6) is 0.788. The Hall–Kier alpha value is -1.59. The van der Waals surface area contributed by atoms with Crippen LogP contribution in [0.25, 0.3) is 0 Å². The van der Waals surface area contributed by atoms with Gasteiger partial charge in [-0.25, -0.2) is 0 Å². The lowest BCUT2D eigenvalue weighted by molar-refractivity contribution is 0.298. The molecule has 0 saturated heterocycles. The van der Waals surface area contributed by atoms with E-state index in [1.165, 1.54) is 0 Å². The van der Waals surface area contributed by atoms with Crippen LogP contribution in [0, 0.1) is 0 Å². The van der Waals surface area contributed by atoms with Crippen molar-refractivity contribution < 1.29 is 4.74 Å². The highest BCUT2D eigenvalue weighted by molar-refractivity contribution is 6.30. The Morgan fingerprint density at radius 3 is 2.94 bits per heavy atom. The van der Waals surface area contributed by atoms with Crippen LogP contribution in [0.5, 0.6) is 5.75 Å². The molecule has 0 radical (unpaired) electrons. The van der Waals surface area contributed by atoms with Crippen LogP contribution in [0.2, 0.25) is 5.02 Å². The first kappa shape index (κ1) is 12.9. The minimum atomic E-state index is 0.382. The number of rotatable bonds is 5. The van der Waals surface area contributed by atoms with Crippen molar-refractivity contribution in [3.8, 4) is 5.75 Å². The molecular formula is C12H15ClN4O. The molecule has 18 heavy (non-hydrogen) atoms. The Balaban J connectivity index is 2.08. The quantitative estimate of drug-likeness (QED) is 0.892. The van der Waals surface area contributed by atoms with E-state index in [-0.39, 0.29) is 0 Å². The number of hydrogen-bond acceptors (Lipinski definition) is 4. The Labute approximate surface area is 111 Å². The Morgan fingerprint density at radius 1 is 1.44 bits per heavy atom. The molecule has 0 bridgehead atoms. The predicted octanol–water partition coefficient (Wildman–Crippen LogP) is 1.55. The maximum absolute atomic E-state index is 5.95. The smallest absolute Gasteiger partial charge is 0.134 e. The third-order valence-electron chi connectivity index (χ3n) is 2.46. The van der Waals surface area contributed by atoms with Crippen LogP contribution >= 0.6 is 11.6 Å². The number of nitrogens with zero attached hydrogens (tertiary/aromatic N) is 3. The summed E-state index contributed by atoms with van der Waals surface area (Å²) in [4.78, 5) is 0. The van der Waals surface area contributed by atoms with Gasteiger partial charge in [-0.05, 0) is 36.7 Å². The van der Waals surface area contributed by atoms with Gasteiger partial charge in [0.2, 0.25) is 0 Å². The van der Waals surface area contributed by atoms with E-state index in [0.29, 0.717) is 18.2 Å². The number of ether oxygens (including phenoxy) is 1. The Bertz CT molecular complexity index is 527. The molecule has 0 saturated carbocycles. The van der Waals surface area contributed by atoms with Gasteiger partial charge in [-0.15, -0.1) is 5.10 Å². The number of nitrogens with two attached hydrogens (primary N) is 1. The number of aromatic nitrogens is 3. The number of benzene rings is 1. The van der Waals surface area contributed by atoms with Gasteiger partial charge >= 0.3 is 0 Å². The van der Waals surface area contributed by atoms with Crippen LogP contribution in [-0.4, -0.2) is 21.5 Å². The SMILES string of the molecule is Cn1cc(COc2ccc(Cl)cc2CCN)nn1. The molecule has 1 aromatic carbocycles.